The van der Waals surface area contributed by atoms with Crippen LogP contribution >= 0.6 is 0 Å². The van der Waals surface area contributed by atoms with E-state index >= 15 is 0 Å². The molecule has 78 valence electrons. The molecule has 0 spiro atoms. The first kappa shape index (κ1) is 11.0. The van der Waals surface area contributed by atoms with Gasteiger partial charge in [0.25, 0.3) is 0 Å². The molecule has 0 aromatic rings. The van der Waals surface area contributed by atoms with E-state index in [1.807, 2.05) is 7.05 Å². The fourth-order valence-corrected chi connectivity index (χ4v) is 1.71. The van der Waals surface area contributed by atoms with Gasteiger partial charge < -0.3 is 15.4 Å². The van der Waals surface area contributed by atoms with E-state index in [9.17, 15) is 0 Å². The maximum absolute atomic E-state index is 5.35. The normalized spacial score (nSPS) is 24.9. The molecule has 13 heavy (non-hydrogen) atoms. The van der Waals surface area contributed by atoms with Gasteiger partial charge in [-0.25, -0.2) is 0 Å². The first-order chi connectivity index (χ1) is 6.34. The summed E-state index contributed by atoms with van der Waals surface area (Å²) >= 11 is 0. The Labute approximate surface area is 81.2 Å². The van der Waals surface area contributed by atoms with E-state index in [1.165, 1.54) is 12.8 Å². The van der Waals surface area contributed by atoms with Crippen LogP contribution < -0.4 is 10.6 Å². The van der Waals surface area contributed by atoms with Gasteiger partial charge in [-0.2, -0.15) is 0 Å². The molecule has 1 fully saturated rings. The topological polar surface area (TPSA) is 33.3 Å². The SMILES string of the molecule is CNCCCNC(C)C1CCOC1. The highest BCUT2D eigenvalue weighted by atomic mass is 16.5. The minimum atomic E-state index is 0.611. The van der Waals surface area contributed by atoms with Crippen LogP contribution in [0.1, 0.15) is 19.8 Å². The molecule has 1 heterocycles. The van der Waals surface area contributed by atoms with Crippen molar-refractivity contribution in [1.82, 2.24) is 10.6 Å². The Hall–Kier alpha value is -0.120. The summed E-state index contributed by atoms with van der Waals surface area (Å²) in [5, 5.41) is 6.69. The molecule has 2 N–H and O–H groups in total. The second kappa shape index (κ2) is 6.35. The first-order valence-electron chi connectivity index (χ1n) is 5.30. The highest BCUT2D eigenvalue weighted by Crippen LogP contribution is 2.15. The Morgan fingerprint density at radius 3 is 2.92 bits per heavy atom. The molecule has 1 aliphatic rings. The summed E-state index contributed by atoms with van der Waals surface area (Å²) in [6.07, 6.45) is 2.43. The predicted octanol–water partition coefficient (Wildman–Crippen LogP) is 0.610. The van der Waals surface area contributed by atoms with E-state index in [1.54, 1.807) is 0 Å². The highest BCUT2D eigenvalue weighted by molar-refractivity contribution is 4.75. The summed E-state index contributed by atoms with van der Waals surface area (Å²) in [4.78, 5) is 0. The molecular weight excluding hydrogens is 164 g/mol. The average Bonchev–Trinajstić information content (AvgIpc) is 2.65. The largest absolute Gasteiger partial charge is 0.381 e. The quantitative estimate of drug-likeness (QED) is 0.596. The van der Waals surface area contributed by atoms with E-state index in [0.29, 0.717) is 6.04 Å². The Morgan fingerprint density at radius 1 is 1.46 bits per heavy atom. The summed E-state index contributed by atoms with van der Waals surface area (Å²) < 4.78 is 5.35. The molecule has 0 saturated carbocycles. The van der Waals surface area contributed by atoms with Crippen molar-refractivity contribution in [3.05, 3.63) is 0 Å². The van der Waals surface area contributed by atoms with Crippen LogP contribution in [0.2, 0.25) is 0 Å². The molecule has 1 aliphatic heterocycles. The van der Waals surface area contributed by atoms with Gasteiger partial charge in [-0.3, -0.25) is 0 Å². The van der Waals surface area contributed by atoms with Gasteiger partial charge in [-0.1, -0.05) is 0 Å². The molecule has 3 heteroatoms. The monoisotopic (exact) mass is 186 g/mol. The molecule has 1 saturated heterocycles. The Bertz CT molecular complexity index is 124. The zero-order valence-corrected chi connectivity index (χ0v) is 8.81. The lowest BCUT2D eigenvalue weighted by atomic mass is 10.0. The fraction of sp³-hybridized carbons (Fsp3) is 1.00. The molecule has 0 aliphatic carbocycles. The average molecular weight is 186 g/mol. The van der Waals surface area contributed by atoms with E-state index in [0.717, 1.165) is 32.2 Å². The van der Waals surface area contributed by atoms with E-state index in [2.05, 4.69) is 17.6 Å². The van der Waals surface area contributed by atoms with Crippen LogP contribution in [0, 0.1) is 5.92 Å². The second-order valence-corrected chi connectivity index (χ2v) is 3.82. The van der Waals surface area contributed by atoms with Crippen LogP contribution in [-0.4, -0.2) is 39.4 Å². The number of ether oxygens (including phenoxy) is 1. The van der Waals surface area contributed by atoms with E-state index in [4.69, 9.17) is 4.74 Å². The highest BCUT2D eigenvalue weighted by Gasteiger charge is 2.21. The number of rotatable bonds is 6. The molecule has 0 amide bonds. The molecular formula is C10H22N2O. The molecule has 0 bridgehead atoms. The minimum absolute atomic E-state index is 0.611. The smallest absolute Gasteiger partial charge is 0.0509 e. The molecule has 2 unspecified atom stereocenters. The zero-order valence-electron chi connectivity index (χ0n) is 8.81. The molecule has 0 aromatic heterocycles. The second-order valence-electron chi connectivity index (χ2n) is 3.82. The van der Waals surface area contributed by atoms with Crippen molar-refractivity contribution in [1.29, 1.82) is 0 Å². The maximum Gasteiger partial charge on any atom is 0.0509 e. The summed E-state index contributed by atoms with van der Waals surface area (Å²) in [5.41, 5.74) is 0. The third kappa shape index (κ3) is 4.07. The summed E-state index contributed by atoms with van der Waals surface area (Å²) in [7, 11) is 1.99. The van der Waals surface area contributed by atoms with Crippen molar-refractivity contribution in [2.75, 3.05) is 33.4 Å². The molecule has 3 nitrogen and oxygen atoms in total. The Balaban J connectivity index is 1.99. The molecule has 2 atom stereocenters. The fourth-order valence-electron chi connectivity index (χ4n) is 1.71. The van der Waals surface area contributed by atoms with Crippen LogP contribution in [0.4, 0.5) is 0 Å². The summed E-state index contributed by atoms with van der Waals surface area (Å²) in [6.45, 7) is 6.37. The minimum Gasteiger partial charge on any atom is -0.381 e. The third-order valence-corrected chi connectivity index (χ3v) is 2.74. The number of hydrogen-bond donors (Lipinski definition) is 2. The van der Waals surface area contributed by atoms with Crippen LogP contribution in [0.25, 0.3) is 0 Å². The van der Waals surface area contributed by atoms with Gasteiger partial charge in [-0.05, 0) is 45.8 Å². The van der Waals surface area contributed by atoms with Gasteiger partial charge in [-0.15, -0.1) is 0 Å². The van der Waals surface area contributed by atoms with Crippen LogP contribution in [0.3, 0.4) is 0 Å². The molecule has 0 radical (unpaired) electrons. The Morgan fingerprint density at radius 2 is 2.31 bits per heavy atom. The van der Waals surface area contributed by atoms with Crippen molar-refractivity contribution in [3.8, 4) is 0 Å². The lowest BCUT2D eigenvalue weighted by Crippen LogP contribution is -2.35. The van der Waals surface area contributed by atoms with E-state index < -0.39 is 0 Å². The summed E-state index contributed by atoms with van der Waals surface area (Å²) in [5.74, 6) is 0.731. The maximum atomic E-state index is 5.35. The van der Waals surface area contributed by atoms with Crippen LogP contribution in [0.15, 0.2) is 0 Å². The summed E-state index contributed by atoms with van der Waals surface area (Å²) in [6, 6.07) is 0.611. The molecule has 1 rings (SSSR count). The van der Waals surface area contributed by atoms with Crippen molar-refractivity contribution in [2.45, 2.75) is 25.8 Å². The predicted molar refractivity (Wildman–Crippen MR) is 54.9 cm³/mol. The van der Waals surface area contributed by atoms with Gasteiger partial charge >= 0.3 is 0 Å². The van der Waals surface area contributed by atoms with Gasteiger partial charge in [0.15, 0.2) is 0 Å². The lowest BCUT2D eigenvalue weighted by molar-refractivity contribution is 0.178. The number of hydrogen-bond acceptors (Lipinski definition) is 3. The van der Waals surface area contributed by atoms with Gasteiger partial charge in [0.2, 0.25) is 0 Å². The van der Waals surface area contributed by atoms with Gasteiger partial charge in [0.05, 0.1) is 6.61 Å². The van der Waals surface area contributed by atoms with Crippen molar-refractivity contribution in [2.24, 2.45) is 5.92 Å². The Kier molecular flexibility index (Phi) is 5.35. The third-order valence-electron chi connectivity index (χ3n) is 2.74. The van der Waals surface area contributed by atoms with Crippen molar-refractivity contribution >= 4 is 0 Å². The van der Waals surface area contributed by atoms with Crippen LogP contribution in [0.5, 0.6) is 0 Å². The standard InChI is InChI=1S/C10H22N2O/c1-9(10-4-7-13-8-10)12-6-3-5-11-2/h9-12H,3-8H2,1-2H3. The van der Waals surface area contributed by atoms with Crippen LogP contribution in [-0.2, 0) is 4.74 Å². The first-order valence-corrected chi connectivity index (χ1v) is 5.30. The number of nitrogens with one attached hydrogen (secondary N) is 2. The van der Waals surface area contributed by atoms with Crippen molar-refractivity contribution < 1.29 is 4.74 Å². The van der Waals surface area contributed by atoms with Gasteiger partial charge in [0.1, 0.15) is 0 Å². The van der Waals surface area contributed by atoms with Crippen molar-refractivity contribution in [3.63, 3.8) is 0 Å². The van der Waals surface area contributed by atoms with E-state index in [-0.39, 0.29) is 0 Å². The molecule has 0 aromatic carbocycles. The zero-order chi connectivity index (χ0) is 9.52. The van der Waals surface area contributed by atoms with Gasteiger partial charge in [0, 0.05) is 12.6 Å². The lowest BCUT2D eigenvalue weighted by Gasteiger charge is -2.18.